The van der Waals surface area contributed by atoms with E-state index >= 15 is 0 Å². The van der Waals surface area contributed by atoms with Gasteiger partial charge in [-0.15, -0.1) is 0 Å². The molecular formula is C25H30N2O8. The molecule has 2 fully saturated rings. The van der Waals surface area contributed by atoms with Crippen LogP contribution in [0.1, 0.15) is 41.3 Å². The van der Waals surface area contributed by atoms with Crippen LogP contribution in [-0.4, -0.2) is 81.1 Å². The Hall–Kier alpha value is -2.95. The predicted octanol–water partition coefficient (Wildman–Crippen LogP) is -0.820. The molecule has 0 aromatic heterocycles. The van der Waals surface area contributed by atoms with E-state index in [2.05, 4.69) is 0 Å². The van der Waals surface area contributed by atoms with E-state index in [1.54, 1.807) is 27.1 Å². The van der Waals surface area contributed by atoms with Crippen LogP contribution in [0.4, 0.5) is 0 Å². The monoisotopic (exact) mass is 486 g/mol. The van der Waals surface area contributed by atoms with Crippen molar-refractivity contribution >= 4 is 29.0 Å². The van der Waals surface area contributed by atoms with Crippen LogP contribution in [0.2, 0.25) is 0 Å². The molecule has 0 saturated heterocycles. The molecule has 3 aliphatic carbocycles. The number of hydrogen-bond donors (Lipinski definition) is 4. The van der Waals surface area contributed by atoms with Crippen LogP contribution in [0.3, 0.4) is 0 Å². The first-order chi connectivity index (χ1) is 16.3. The minimum absolute atomic E-state index is 0.00932. The molecular weight excluding hydrogens is 456 g/mol. The largest absolute Gasteiger partial charge is 0.507 e. The molecule has 7 atom stereocenters. The number of aliphatic hydroxyl groups is 2. The van der Waals surface area contributed by atoms with Gasteiger partial charge in [0.1, 0.15) is 5.75 Å². The van der Waals surface area contributed by atoms with Crippen molar-refractivity contribution in [2.75, 3.05) is 14.1 Å². The second kappa shape index (κ2) is 8.61. The Morgan fingerprint density at radius 3 is 2.43 bits per heavy atom. The average molecular weight is 487 g/mol. The van der Waals surface area contributed by atoms with Crippen LogP contribution in [-0.2, 0) is 32.0 Å². The Bertz CT molecular complexity index is 1140. The van der Waals surface area contributed by atoms with E-state index in [1.807, 2.05) is 0 Å². The summed E-state index contributed by atoms with van der Waals surface area (Å²) in [5.41, 5.74) is 3.88. The number of rotatable bonds is 5. The Labute approximate surface area is 202 Å². The Morgan fingerprint density at radius 2 is 1.86 bits per heavy atom. The van der Waals surface area contributed by atoms with Gasteiger partial charge < -0.3 is 21.1 Å². The average Bonchev–Trinajstić information content (AvgIpc) is 2.75. The van der Waals surface area contributed by atoms with Gasteiger partial charge in [-0.2, -0.15) is 0 Å². The van der Waals surface area contributed by atoms with Gasteiger partial charge in [0.2, 0.25) is 5.91 Å². The van der Waals surface area contributed by atoms with Crippen molar-refractivity contribution < 1.29 is 39.3 Å². The summed E-state index contributed by atoms with van der Waals surface area (Å²) in [6.45, 7) is 1.65. The maximum atomic E-state index is 13.7. The van der Waals surface area contributed by atoms with Crippen molar-refractivity contribution in [2.24, 2.45) is 29.4 Å². The zero-order valence-corrected chi connectivity index (χ0v) is 19.9. The normalized spacial score (nSPS) is 33.3. The highest BCUT2D eigenvalue weighted by atomic mass is 16.3. The number of carbonyl (C=O) groups is 5. The van der Waals surface area contributed by atoms with E-state index < -0.39 is 70.5 Å². The third kappa shape index (κ3) is 3.62. The molecule has 5 N–H and O–H groups in total. The number of primary amides is 1. The van der Waals surface area contributed by atoms with E-state index in [-0.39, 0.29) is 24.2 Å². The lowest BCUT2D eigenvalue weighted by Gasteiger charge is -2.52. The Kier molecular flexibility index (Phi) is 6.19. The highest BCUT2D eigenvalue weighted by molar-refractivity contribution is 6.32. The summed E-state index contributed by atoms with van der Waals surface area (Å²) >= 11 is 0. The maximum absolute atomic E-state index is 13.7. The number of carbonyl (C=O) groups excluding carboxylic acids is 5. The van der Waals surface area contributed by atoms with Gasteiger partial charge in [-0.25, -0.2) is 0 Å². The molecule has 188 valence electrons. The molecule has 4 rings (SSSR count). The van der Waals surface area contributed by atoms with Gasteiger partial charge in [0.25, 0.3) is 0 Å². The number of hydrogen-bond acceptors (Lipinski definition) is 9. The van der Waals surface area contributed by atoms with Crippen LogP contribution in [0.25, 0.3) is 0 Å². The number of Topliss-reactive ketones (excluding diaryl/α,β-unsaturated/α-hetero) is 4. The van der Waals surface area contributed by atoms with Gasteiger partial charge in [-0.1, -0.05) is 6.07 Å². The van der Waals surface area contributed by atoms with Crippen molar-refractivity contribution in [1.29, 1.82) is 0 Å². The number of phenols is 1. The van der Waals surface area contributed by atoms with E-state index in [9.17, 15) is 39.3 Å². The predicted molar refractivity (Wildman–Crippen MR) is 121 cm³/mol. The number of nitrogens with two attached hydrogens (primary N) is 1. The van der Waals surface area contributed by atoms with Gasteiger partial charge in [0, 0.05) is 5.92 Å². The molecule has 10 nitrogen and oxygen atoms in total. The smallest absolute Gasteiger partial charge is 0.235 e. The maximum Gasteiger partial charge on any atom is 0.235 e. The summed E-state index contributed by atoms with van der Waals surface area (Å²) in [6, 6.07) is 1.91. The minimum Gasteiger partial charge on any atom is -0.507 e. The first kappa shape index (κ1) is 25.2. The molecule has 35 heavy (non-hydrogen) atoms. The lowest BCUT2D eigenvalue weighted by atomic mass is 9.52. The second-order valence-electron chi connectivity index (χ2n) is 10.3. The lowest BCUT2D eigenvalue weighted by molar-refractivity contribution is -0.181. The summed E-state index contributed by atoms with van der Waals surface area (Å²) < 4.78 is 0. The fourth-order valence-corrected chi connectivity index (χ4v) is 6.27. The molecule has 10 heteroatoms. The number of fused-ring (bicyclic) bond motifs is 3. The van der Waals surface area contributed by atoms with Crippen molar-refractivity contribution in [3.8, 4) is 5.75 Å². The molecule has 0 spiro atoms. The number of aryl methyl sites for hydroxylation is 1. The number of aromatic hydroxyl groups is 1. The number of phenolic OH excluding ortho intramolecular Hbond substituents is 1. The molecule has 0 radical (unpaired) electrons. The second-order valence-corrected chi connectivity index (χ2v) is 10.3. The number of amides is 1. The summed E-state index contributed by atoms with van der Waals surface area (Å²) in [4.78, 5) is 67.0. The van der Waals surface area contributed by atoms with E-state index in [1.165, 1.54) is 11.0 Å². The number of nitrogens with zero attached hydrogens (tertiary/aromatic N) is 1. The molecule has 0 aliphatic heterocycles. The van der Waals surface area contributed by atoms with Gasteiger partial charge in [0.15, 0.2) is 34.7 Å². The molecule has 0 bridgehead atoms. The van der Waals surface area contributed by atoms with Crippen LogP contribution >= 0.6 is 0 Å². The minimum atomic E-state index is -2.73. The van der Waals surface area contributed by atoms with Crippen LogP contribution in [0.5, 0.6) is 5.75 Å². The van der Waals surface area contributed by atoms with Crippen molar-refractivity contribution in [2.45, 2.75) is 50.4 Å². The molecule has 3 aliphatic rings. The summed E-state index contributed by atoms with van der Waals surface area (Å²) in [5.74, 6) is -10.5. The van der Waals surface area contributed by atoms with Crippen molar-refractivity contribution in [3.63, 3.8) is 0 Å². The van der Waals surface area contributed by atoms with E-state index in [4.69, 9.17) is 5.73 Å². The van der Waals surface area contributed by atoms with Crippen LogP contribution < -0.4 is 5.73 Å². The summed E-state index contributed by atoms with van der Waals surface area (Å²) in [7, 11) is 3.09. The van der Waals surface area contributed by atoms with Gasteiger partial charge >= 0.3 is 0 Å². The van der Waals surface area contributed by atoms with E-state index in [0.717, 1.165) is 5.56 Å². The Morgan fingerprint density at radius 1 is 1.20 bits per heavy atom. The molecule has 3 unspecified atom stereocenters. The number of likely N-dealkylation sites (N-methyl/N-ethyl adjacent to an activating group) is 1. The topological polar surface area (TPSA) is 175 Å². The highest BCUT2D eigenvalue weighted by Gasteiger charge is 2.69. The van der Waals surface area contributed by atoms with Gasteiger partial charge in [0.05, 0.1) is 23.6 Å². The number of benzene rings is 1. The van der Waals surface area contributed by atoms with Crippen molar-refractivity contribution in [1.82, 2.24) is 4.90 Å². The Balaban J connectivity index is 1.83. The van der Waals surface area contributed by atoms with Crippen LogP contribution in [0.15, 0.2) is 12.1 Å². The van der Waals surface area contributed by atoms with Gasteiger partial charge in [-0.3, -0.25) is 28.9 Å². The number of aliphatic hydroxyl groups excluding tert-OH is 1. The molecule has 2 saturated carbocycles. The first-order valence-electron chi connectivity index (χ1n) is 11.7. The lowest BCUT2D eigenvalue weighted by Crippen LogP contribution is -2.74. The van der Waals surface area contributed by atoms with Crippen molar-refractivity contribution in [3.05, 3.63) is 28.8 Å². The third-order valence-electron chi connectivity index (χ3n) is 7.87. The first-order valence-corrected chi connectivity index (χ1v) is 11.7. The summed E-state index contributed by atoms with van der Waals surface area (Å²) in [5, 5.41) is 31.7. The summed E-state index contributed by atoms with van der Waals surface area (Å²) in [6.07, 6.45) is 0.534. The standard InChI is InChI=1S/C25H30N2O8/c1-10(28)4-5-11-6-7-15(29)17-13(11)8-12-9-14-19(27(2)3)21(31)18(24(26)34)23(33)25(14,35)22(32)16(12)20(17)30/h6-7,10,12,14,16,18-19,28-29,35H,4-5,8-9H2,1-3H3,(H2,26,34)/t10?,12-,14-,16?,18?,19-,25-/m1/s1. The molecule has 1 aromatic carbocycles. The SMILES string of the molecule is CC(O)CCc1ccc(O)c2c1C[C@@H]1C[C@@H]3[C@@H](N(C)C)C(=O)C(C(N)=O)C(=O)[C@]3(O)C(=O)C1C2=O. The van der Waals surface area contributed by atoms with Crippen LogP contribution in [0, 0.1) is 23.7 Å². The third-order valence-corrected chi connectivity index (χ3v) is 7.87. The fourth-order valence-electron chi connectivity index (χ4n) is 6.27. The van der Waals surface area contributed by atoms with E-state index in [0.29, 0.717) is 18.4 Å². The fraction of sp³-hybridized carbons (Fsp3) is 0.560. The zero-order chi connectivity index (χ0) is 26.0. The molecule has 0 heterocycles. The number of ketones is 4. The van der Waals surface area contributed by atoms with Gasteiger partial charge in [-0.05, 0) is 69.8 Å². The quantitative estimate of drug-likeness (QED) is 0.387. The highest BCUT2D eigenvalue weighted by Crippen LogP contribution is 2.51. The molecule has 1 aromatic rings. The molecule has 1 amide bonds. The zero-order valence-electron chi connectivity index (χ0n) is 19.9.